The molecule has 0 aromatic rings. The second kappa shape index (κ2) is 5.50. The SMILES string of the molecule is CCC1CNC(C)(C2CC2)CN1C1CCN2CCCC2C1. The molecular weight excluding hydrogens is 258 g/mol. The van der Waals surface area contributed by atoms with Gasteiger partial charge in [-0.1, -0.05) is 6.92 Å². The van der Waals surface area contributed by atoms with E-state index >= 15 is 0 Å². The van der Waals surface area contributed by atoms with E-state index in [1.165, 1.54) is 71.1 Å². The molecule has 4 atom stereocenters. The minimum Gasteiger partial charge on any atom is -0.308 e. The second-order valence-corrected chi connectivity index (χ2v) is 8.32. The lowest BCUT2D eigenvalue weighted by molar-refractivity contribution is 0.00251. The maximum atomic E-state index is 3.92. The summed E-state index contributed by atoms with van der Waals surface area (Å²) in [7, 11) is 0. The van der Waals surface area contributed by atoms with Gasteiger partial charge in [-0.15, -0.1) is 0 Å². The topological polar surface area (TPSA) is 18.5 Å². The largest absolute Gasteiger partial charge is 0.308 e. The molecule has 0 amide bonds. The predicted octanol–water partition coefficient (Wildman–Crippen LogP) is 2.47. The first kappa shape index (κ1) is 14.5. The highest BCUT2D eigenvalue weighted by atomic mass is 15.3. The average Bonchev–Trinajstić information content (AvgIpc) is 3.26. The minimum atomic E-state index is 0.401. The van der Waals surface area contributed by atoms with Crippen molar-refractivity contribution in [2.75, 3.05) is 26.2 Å². The number of piperazine rings is 1. The van der Waals surface area contributed by atoms with E-state index in [0.717, 1.165) is 24.0 Å². The van der Waals surface area contributed by atoms with Crippen LogP contribution in [0.2, 0.25) is 0 Å². The van der Waals surface area contributed by atoms with Gasteiger partial charge in [-0.3, -0.25) is 4.90 Å². The predicted molar refractivity (Wildman–Crippen MR) is 87.5 cm³/mol. The summed E-state index contributed by atoms with van der Waals surface area (Å²) in [6, 6.07) is 2.53. The van der Waals surface area contributed by atoms with Crippen LogP contribution in [0.5, 0.6) is 0 Å². The van der Waals surface area contributed by atoms with E-state index in [-0.39, 0.29) is 0 Å². The first-order chi connectivity index (χ1) is 10.2. The molecule has 3 saturated heterocycles. The molecule has 4 unspecified atom stereocenters. The van der Waals surface area contributed by atoms with Crippen LogP contribution in [0.4, 0.5) is 0 Å². The van der Waals surface area contributed by atoms with Crippen LogP contribution in [0.3, 0.4) is 0 Å². The summed E-state index contributed by atoms with van der Waals surface area (Å²) in [4.78, 5) is 5.70. The van der Waals surface area contributed by atoms with Crippen molar-refractivity contribution in [3.8, 4) is 0 Å². The van der Waals surface area contributed by atoms with Crippen molar-refractivity contribution < 1.29 is 0 Å². The first-order valence-electron chi connectivity index (χ1n) is 9.44. The fourth-order valence-corrected chi connectivity index (χ4v) is 5.34. The van der Waals surface area contributed by atoms with E-state index < -0.39 is 0 Å². The zero-order valence-electron chi connectivity index (χ0n) is 14.0. The highest BCUT2D eigenvalue weighted by molar-refractivity contribution is 5.06. The van der Waals surface area contributed by atoms with Crippen LogP contribution in [0.25, 0.3) is 0 Å². The zero-order valence-corrected chi connectivity index (χ0v) is 14.0. The molecule has 1 N–H and O–H groups in total. The van der Waals surface area contributed by atoms with Crippen LogP contribution in [-0.2, 0) is 0 Å². The van der Waals surface area contributed by atoms with Crippen molar-refractivity contribution in [2.45, 2.75) is 82.5 Å². The third-order valence-corrected chi connectivity index (χ3v) is 6.93. The van der Waals surface area contributed by atoms with Crippen molar-refractivity contribution in [3.05, 3.63) is 0 Å². The van der Waals surface area contributed by atoms with Crippen LogP contribution in [-0.4, -0.2) is 59.6 Å². The molecule has 3 aliphatic heterocycles. The normalized spacial score (nSPS) is 45.7. The maximum Gasteiger partial charge on any atom is 0.0309 e. The molecule has 4 aliphatic rings. The Hall–Kier alpha value is -0.120. The molecule has 1 aliphatic carbocycles. The van der Waals surface area contributed by atoms with Gasteiger partial charge in [0.25, 0.3) is 0 Å². The van der Waals surface area contributed by atoms with Gasteiger partial charge in [-0.25, -0.2) is 0 Å². The van der Waals surface area contributed by atoms with Crippen LogP contribution < -0.4 is 5.32 Å². The summed E-state index contributed by atoms with van der Waals surface area (Å²) in [6.45, 7) is 10.1. The Morgan fingerprint density at radius 1 is 1.10 bits per heavy atom. The van der Waals surface area contributed by atoms with Crippen molar-refractivity contribution in [1.29, 1.82) is 0 Å². The molecule has 4 fully saturated rings. The van der Waals surface area contributed by atoms with Crippen LogP contribution in [0.15, 0.2) is 0 Å². The van der Waals surface area contributed by atoms with Gasteiger partial charge in [0.05, 0.1) is 0 Å². The Morgan fingerprint density at radius 2 is 1.95 bits per heavy atom. The molecule has 4 rings (SSSR count). The monoisotopic (exact) mass is 291 g/mol. The summed E-state index contributed by atoms with van der Waals surface area (Å²) < 4.78 is 0. The van der Waals surface area contributed by atoms with Gasteiger partial charge in [-0.05, 0) is 70.9 Å². The van der Waals surface area contributed by atoms with Crippen LogP contribution >= 0.6 is 0 Å². The number of nitrogens with zero attached hydrogens (tertiary/aromatic N) is 2. The smallest absolute Gasteiger partial charge is 0.0309 e. The van der Waals surface area contributed by atoms with Crippen LogP contribution in [0.1, 0.15) is 58.8 Å². The Kier molecular flexibility index (Phi) is 3.79. The van der Waals surface area contributed by atoms with Gasteiger partial charge in [0.1, 0.15) is 0 Å². The summed E-state index contributed by atoms with van der Waals surface area (Å²) >= 11 is 0. The quantitative estimate of drug-likeness (QED) is 0.862. The zero-order chi connectivity index (χ0) is 14.4. The third-order valence-electron chi connectivity index (χ3n) is 6.93. The summed E-state index contributed by atoms with van der Waals surface area (Å²) in [6.07, 6.45) is 9.96. The standard InChI is InChI=1S/C18H33N3/c1-3-15-12-19-18(2,14-6-7-14)13-21(15)17-8-10-20-9-4-5-16(20)11-17/h14-17,19H,3-13H2,1-2H3. The lowest BCUT2D eigenvalue weighted by Gasteiger charge is -2.52. The molecule has 120 valence electrons. The number of piperidine rings is 1. The van der Waals surface area contributed by atoms with Crippen molar-refractivity contribution >= 4 is 0 Å². The second-order valence-electron chi connectivity index (χ2n) is 8.32. The molecule has 0 aromatic heterocycles. The number of rotatable bonds is 3. The molecule has 3 heteroatoms. The van der Waals surface area contributed by atoms with E-state index in [1.807, 2.05) is 0 Å². The lowest BCUT2D eigenvalue weighted by Crippen LogP contribution is -2.67. The van der Waals surface area contributed by atoms with E-state index in [4.69, 9.17) is 0 Å². The fourth-order valence-electron chi connectivity index (χ4n) is 5.34. The molecule has 0 bridgehead atoms. The number of hydrogen-bond donors (Lipinski definition) is 1. The Bertz CT molecular complexity index is 381. The summed E-state index contributed by atoms with van der Waals surface area (Å²) in [5, 5.41) is 3.92. The number of fused-ring (bicyclic) bond motifs is 1. The molecule has 3 nitrogen and oxygen atoms in total. The van der Waals surface area contributed by atoms with Crippen LogP contribution in [0, 0.1) is 5.92 Å². The van der Waals surface area contributed by atoms with E-state index in [1.54, 1.807) is 0 Å². The molecule has 0 spiro atoms. The maximum absolute atomic E-state index is 3.92. The highest BCUT2D eigenvalue weighted by Gasteiger charge is 2.48. The van der Waals surface area contributed by atoms with Crippen molar-refractivity contribution in [1.82, 2.24) is 15.1 Å². The van der Waals surface area contributed by atoms with Gasteiger partial charge in [0, 0.05) is 36.8 Å². The molecule has 21 heavy (non-hydrogen) atoms. The minimum absolute atomic E-state index is 0.401. The average molecular weight is 291 g/mol. The Labute approximate surface area is 130 Å². The van der Waals surface area contributed by atoms with Gasteiger partial charge in [0.2, 0.25) is 0 Å². The van der Waals surface area contributed by atoms with Crippen molar-refractivity contribution in [3.63, 3.8) is 0 Å². The molecular formula is C18H33N3. The summed E-state index contributed by atoms with van der Waals surface area (Å²) in [5.74, 6) is 0.948. The van der Waals surface area contributed by atoms with Gasteiger partial charge in [0.15, 0.2) is 0 Å². The Morgan fingerprint density at radius 3 is 2.71 bits per heavy atom. The molecule has 0 radical (unpaired) electrons. The van der Waals surface area contributed by atoms with Gasteiger partial charge >= 0.3 is 0 Å². The molecule has 1 saturated carbocycles. The Balaban J connectivity index is 1.47. The van der Waals surface area contributed by atoms with Crippen molar-refractivity contribution in [2.24, 2.45) is 5.92 Å². The summed E-state index contributed by atoms with van der Waals surface area (Å²) in [5.41, 5.74) is 0.401. The van der Waals surface area contributed by atoms with E-state index in [9.17, 15) is 0 Å². The number of nitrogens with one attached hydrogen (secondary N) is 1. The fraction of sp³-hybridized carbons (Fsp3) is 1.00. The lowest BCUT2D eigenvalue weighted by atomic mass is 9.86. The first-order valence-corrected chi connectivity index (χ1v) is 9.44. The number of hydrogen-bond acceptors (Lipinski definition) is 3. The van der Waals surface area contributed by atoms with E-state index in [2.05, 4.69) is 29.0 Å². The van der Waals surface area contributed by atoms with Gasteiger partial charge in [-0.2, -0.15) is 0 Å². The molecule has 0 aromatic carbocycles. The molecule has 3 heterocycles. The van der Waals surface area contributed by atoms with Gasteiger partial charge < -0.3 is 10.2 Å². The highest BCUT2D eigenvalue weighted by Crippen LogP contribution is 2.42. The third kappa shape index (κ3) is 2.66. The van der Waals surface area contributed by atoms with E-state index in [0.29, 0.717) is 5.54 Å².